The Kier molecular flexibility index (Phi) is 3.41. The molecule has 1 fully saturated rings. The van der Waals surface area contributed by atoms with Gasteiger partial charge in [-0.1, -0.05) is 0 Å². The predicted octanol–water partition coefficient (Wildman–Crippen LogP) is 1.06. The van der Waals surface area contributed by atoms with Crippen molar-refractivity contribution in [2.24, 2.45) is 5.73 Å². The highest BCUT2D eigenvalue weighted by Gasteiger charge is 2.18. The van der Waals surface area contributed by atoms with E-state index in [9.17, 15) is 5.11 Å². The van der Waals surface area contributed by atoms with Crippen molar-refractivity contribution in [3.63, 3.8) is 0 Å². The summed E-state index contributed by atoms with van der Waals surface area (Å²) in [5, 5.41) is 9.60. The third-order valence-corrected chi connectivity index (χ3v) is 3.00. The summed E-state index contributed by atoms with van der Waals surface area (Å²) in [6.07, 6.45) is 3.58. The van der Waals surface area contributed by atoms with Gasteiger partial charge >= 0.3 is 0 Å². The summed E-state index contributed by atoms with van der Waals surface area (Å²) in [6.45, 7) is 3.63. The summed E-state index contributed by atoms with van der Waals surface area (Å²) in [7, 11) is 0. The number of aliphatic hydroxyl groups excluding tert-OH is 1. The van der Waals surface area contributed by atoms with Gasteiger partial charge in [-0.15, -0.1) is 0 Å². The fourth-order valence-electron chi connectivity index (χ4n) is 2.04. The Morgan fingerprint density at radius 1 is 1.56 bits per heavy atom. The smallest absolute Gasteiger partial charge is 0.0715 e. The zero-order valence-electron chi connectivity index (χ0n) is 9.63. The molecule has 1 unspecified atom stereocenters. The molecule has 16 heavy (non-hydrogen) atoms. The fraction of sp³-hybridized carbons (Fsp3) is 0.583. The molecule has 0 aromatic carbocycles. The van der Waals surface area contributed by atoms with Crippen LogP contribution in [0.5, 0.6) is 0 Å². The SMILES string of the molecule is C[C@H](N)c1ccc(N2CCCC(O)C2)cn1. The highest BCUT2D eigenvalue weighted by atomic mass is 16.3. The number of pyridine rings is 1. The molecule has 2 rings (SSSR count). The van der Waals surface area contributed by atoms with E-state index in [2.05, 4.69) is 9.88 Å². The number of aliphatic hydroxyl groups is 1. The Morgan fingerprint density at radius 3 is 2.94 bits per heavy atom. The summed E-state index contributed by atoms with van der Waals surface area (Å²) in [5.74, 6) is 0. The molecule has 1 aromatic rings. The van der Waals surface area contributed by atoms with Gasteiger partial charge in [-0.3, -0.25) is 4.98 Å². The van der Waals surface area contributed by atoms with Crippen molar-refractivity contribution >= 4 is 5.69 Å². The van der Waals surface area contributed by atoms with Gasteiger partial charge in [0.1, 0.15) is 0 Å². The average molecular weight is 221 g/mol. The van der Waals surface area contributed by atoms with Gasteiger partial charge < -0.3 is 15.7 Å². The molecular weight excluding hydrogens is 202 g/mol. The second kappa shape index (κ2) is 4.80. The van der Waals surface area contributed by atoms with E-state index >= 15 is 0 Å². The quantitative estimate of drug-likeness (QED) is 0.784. The number of hydrogen-bond acceptors (Lipinski definition) is 4. The number of rotatable bonds is 2. The van der Waals surface area contributed by atoms with Crippen LogP contribution < -0.4 is 10.6 Å². The van der Waals surface area contributed by atoms with Gasteiger partial charge in [0.15, 0.2) is 0 Å². The third kappa shape index (κ3) is 2.51. The number of aromatic nitrogens is 1. The fourth-order valence-corrected chi connectivity index (χ4v) is 2.04. The number of nitrogens with zero attached hydrogens (tertiary/aromatic N) is 2. The monoisotopic (exact) mass is 221 g/mol. The lowest BCUT2D eigenvalue weighted by atomic mass is 10.1. The van der Waals surface area contributed by atoms with Crippen LogP contribution in [0.3, 0.4) is 0 Å². The normalized spacial score (nSPS) is 23.2. The van der Waals surface area contributed by atoms with Crippen LogP contribution in [0.25, 0.3) is 0 Å². The third-order valence-electron chi connectivity index (χ3n) is 3.00. The van der Waals surface area contributed by atoms with Crippen LogP contribution in [0.15, 0.2) is 18.3 Å². The van der Waals surface area contributed by atoms with Gasteiger partial charge in [0.2, 0.25) is 0 Å². The van der Waals surface area contributed by atoms with Crippen molar-refractivity contribution in [3.05, 3.63) is 24.0 Å². The van der Waals surface area contributed by atoms with E-state index in [4.69, 9.17) is 5.73 Å². The van der Waals surface area contributed by atoms with Gasteiger partial charge in [-0.2, -0.15) is 0 Å². The first-order valence-electron chi connectivity index (χ1n) is 5.81. The largest absolute Gasteiger partial charge is 0.391 e. The molecule has 88 valence electrons. The maximum Gasteiger partial charge on any atom is 0.0715 e. The summed E-state index contributed by atoms with van der Waals surface area (Å²) in [4.78, 5) is 6.50. The number of anilines is 1. The minimum absolute atomic E-state index is 0.0269. The highest BCUT2D eigenvalue weighted by Crippen LogP contribution is 2.20. The molecule has 1 aliphatic rings. The number of nitrogens with two attached hydrogens (primary N) is 1. The number of piperidine rings is 1. The molecule has 1 aliphatic heterocycles. The standard InChI is InChI=1S/C12H19N3O/c1-9(13)12-5-4-10(7-14-12)15-6-2-3-11(16)8-15/h4-5,7,9,11,16H,2-3,6,8,13H2,1H3/t9-,11?/m0/s1. The number of β-amino-alcohol motifs (C(OH)–C–C–N with tert-alkyl or cyclic N) is 1. The van der Waals surface area contributed by atoms with Gasteiger partial charge in [0.25, 0.3) is 0 Å². The second-order valence-electron chi connectivity index (χ2n) is 4.47. The van der Waals surface area contributed by atoms with E-state index in [-0.39, 0.29) is 12.1 Å². The molecule has 0 aliphatic carbocycles. The Hall–Kier alpha value is -1.13. The molecule has 0 bridgehead atoms. The first-order valence-corrected chi connectivity index (χ1v) is 5.81. The van der Waals surface area contributed by atoms with E-state index in [1.165, 1.54) is 0 Å². The zero-order valence-corrected chi connectivity index (χ0v) is 9.63. The highest BCUT2D eigenvalue weighted by molar-refractivity contribution is 5.45. The first kappa shape index (κ1) is 11.4. The summed E-state index contributed by atoms with van der Waals surface area (Å²) in [5.41, 5.74) is 7.72. The van der Waals surface area contributed by atoms with Crippen LogP contribution in [0.2, 0.25) is 0 Å². The average Bonchev–Trinajstić information content (AvgIpc) is 2.29. The Morgan fingerprint density at radius 2 is 2.38 bits per heavy atom. The van der Waals surface area contributed by atoms with E-state index in [1.54, 1.807) is 0 Å². The van der Waals surface area contributed by atoms with Crippen molar-refractivity contribution in [2.45, 2.75) is 31.9 Å². The molecule has 1 aromatic heterocycles. The molecule has 4 nitrogen and oxygen atoms in total. The Balaban J connectivity index is 2.09. The summed E-state index contributed by atoms with van der Waals surface area (Å²) < 4.78 is 0. The number of hydrogen-bond donors (Lipinski definition) is 2. The lowest BCUT2D eigenvalue weighted by Gasteiger charge is -2.31. The maximum atomic E-state index is 9.60. The Bertz CT molecular complexity index is 337. The molecule has 3 N–H and O–H groups in total. The lowest BCUT2D eigenvalue weighted by Crippen LogP contribution is -2.38. The van der Waals surface area contributed by atoms with Crippen molar-refractivity contribution in [1.29, 1.82) is 0 Å². The summed E-state index contributed by atoms with van der Waals surface area (Å²) >= 11 is 0. The van der Waals surface area contributed by atoms with Crippen molar-refractivity contribution < 1.29 is 5.11 Å². The molecule has 2 heterocycles. The Labute approximate surface area is 96.1 Å². The van der Waals surface area contributed by atoms with E-state index < -0.39 is 0 Å². The summed E-state index contributed by atoms with van der Waals surface area (Å²) in [6, 6.07) is 3.96. The van der Waals surface area contributed by atoms with E-state index in [0.717, 1.165) is 30.8 Å². The van der Waals surface area contributed by atoms with Gasteiger partial charge in [-0.25, -0.2) is 0 Å². The van der Waals surface area contributed by atoms with Gasteiger partial charge in [0.05, 0.1) is 23.7 Å². The first-order chi connectivity index (χ1) is 7.66. The van der Waals surface area contributed by atoms with Crippen molar-refractivity contribution in [3.8, 4) is 0 Å². The van der Waals surface area contributed by atoms with Crippen LogP contribution in [0, 0.1) is 0 Å². The topological polar surface area (TPSA) is 62.4 Å². The molecule has 0 radical (unpaired) electrons. The maximum absolute atomic E-state index is 9.60. The molecule has 0 saturated carbocycles. The molecule has 0 spiro atoms. The van der Waals surface area contributed by atoms with Crippen LogP contribution in [-0.2, 0) is 0 Å². The molecule has 2 atom stereocenters. The van der Waals surface area contributed by atoms with Crippen molar-refractivity contribution in [1.82, 2.24) is 4.98 Å². The van der Waals surface area contributed by atoms with E-state index in [0.29, 0.717) is 6.54 Å². The lowest BCUT2D eigenvalue weighted by molar-refractivity contribution is 0.154. The predicted molar refractivity (Wildman–Crippen MR) is 64.3 cm³/mol. The minimum Gasteiger partial charge on any atom is -0.391 e. The zero-order chi connectivity index (χ0) is 11.5. The van der Waals surface area contributed by atoms with Crippen LogP contribution >= 0.6 is 0 Å². The molecule has 1 saturated heterocycles. The molecule has 4 heteroatoms. The van der Waals surface area contributed by atoms with Crippen LogP contribution in [0.1, 0.15) is 31.5 Å². The molecule has 0 amide bonds. The minimum atomic E-state index is -0.207. The van der Waals surface area contributed by atoms with Gasteiger partial charge in [0, 0.05) is 19.1 Å². The van der Waals surface area contributed by atoms with Crippen molar-refractivity contribution in [2.75, 3.05) is 18.0 Å². The second-order valence-corrected chi connectivity index (χ2v) is 4.47. The van der Waals surface area contributed by atoms with Crippen LogP contribution in [0.4, 0.5) is 5.69 Å². The van der Waals surface area contributed by atoms with Crippen LogP contribution in [-0.4, -0.2) is 29.3 Å². The van der Waals surface area contributed by atoms with Gasteiger partial charge in [-0.05, 0) is 31.9 Å². The molecular formula is C12H19N3O. The van der Waals surface area contributed by atoms with E-state index in [1.807, 2.05) is 25.3 Å².